The Bertz CT molecular complexity index is 741. The number of nitrogens with one attached hydrogen (secondary N) is 2. The van der Waals surface area contributed by atoms with Crippen molar-refractivity contribution in [1.29, 1.82) is 0 Å². The molecule has 28 heavy (non-hydrogen) atoms. The molecule has 2 atom stereocenters. The highest BCUT2D eigenvalue weighted by Gasteiger charge is 2.40. The Hall–Kier alpha value is -2.18. The van der Waals surface area contributed by atoms with Gasteiger partial charge in [-0.15, -0.1) is 0 Å². The molecule has 2 N–H and O–H groups in total. The van der Waals surface area contributed by atoms with Crippen molar-refractivity contribution in [3.05, 3.63) is 35.4 Å². The summed E-state index contributed by atoms with van der Waals surface area (Å²) in [7, 11) is 0. The van der Waals surface area contributed by atoms with Crippen LogP contribution >= 0.6 is 0 Å². The number of alkyl halides is 2. The molecule has 0 radical (unpaired) electrons. The molecule has 3 saturated carbocycles. The number of rotatable bonds is 6. The Morgan fingerprint density at radius 1 is 1.11 bits per heavy atom. The molecule has 0 aliphatic heterocycles. The molecule has 1 aromatic rings. The highest BCUT2D eigenvalue weighted by molar-refractivity contribution is 5.94. The fourth-order valence-electron chi connectivity index (χ4n) is 3.76. The van der Waals surface area contributed by atoms with Crippen LogP contribution in [0.25, 0.3) is 0 Å². The molecule has 3 aliphatic carbocycles. The zero-order valence-corrected chi connectivity index (χ0v) is 15.8. The lowest BCUT2D eigenvalue weighted by molar-refractivity contribution is -0.0399. The van der Waals surface area contributed by atoms with Crippen LogP contribution in [0.1, 0.15) is 66.8 Å². The van der Waals surface area contributed by atoms with Gasteiger partial charge in [0, 0.05) is 36.4 Å². The minimum atomic E-state index is -2.60. The van der Waals surface area contributed by atoms with Gasteiger partial charge in [-0.25, -0.2) is 13.6 Å². The van der Waals surface area contributed by atoms with Crippen molar-refractivity contribution in [2.24, 2.45) is 5.92 Å². The maximum absolute atomic E-state index is 13.3. The first kappa shape index (κ1) is 19.2. The molecule has 4 rings (SSSR count). The Morgan fingerprint density at radius 2 is 1.86 bits per heavy atom. The van der Waals surface area contributed by atoms with Gasteiger partial charge in [0.2, 0.25) is 5.92 Å². The van der Waals surface area contributed by atoms with E-state index >= 15 is 0 Å². The number of carbonyl (C=O) groups is 2. The van der Waals surface area contributed by atoms with Gasteiger partial charge in [-0.1, -0.05) is 12.1 Å². The van der Waals surface area contributed by atoms with Crippen molar-refractivity contribution in [2.75, 3.05) is 6.61 Å². The lowest BCUT2D eigenvalue weighted by Crippen LogP contribution is -2.40. The maximum Gasteiger partial charge on any atom is 0.407 e. The van der Waals surface area contributed by atoms with Crippen LogP contribution in [-0.2, 0) is 4.74 Å². The smallest absolute Gasteiger partial charge is 0.407 e. The largest absolute Gasteiger partial charge is 0.449 e. The van der Waals surface area contributed by atoms with Crippen molar-refractivity contribution in [1.82, 2.24) is 10.6 Å². The Morgan fingerprint density at radius 3 is 2.57 bits per heavy atom. The summed E-state index contributed by atoms with van der Waals surface area (Å²) >= 11 is 0. The van der Waals surface area contributed by atoms with Crippen molar-refractivity contribution >= 4 is 12.0 Å². The van der Waals surface area contributed by atoms with Crippen molar-refractivity contribution < 1.29 is 23.1 Å². The van der Waals surface area contributed by atoms with Crippen LogP contribution in [0.2, 0.25) is 0 Å². The molecule has 0 heterocycles. The average molecular weight is 392 g/mol. The predicted molar refractivity (Wildman–Crippen MR) is 99.5 cm³/mol. The zero-order chi connectivity index (χ0) is 19.7. The van der Waals surface area contributed by atoms with E-state index < -0.39 is 5.92 Å². The van der Waals surface area contributed by atoms with E-state index in [1.807, 2.05) is 18.2 Å². The van der Waals surface area contributed by atoms with Gasteiger partial charge >= 0.3 is 6.09 Å². The van der Waals surface area contributed by atoms with Crippen LogP contribution in [0.5, 0.6) is 0 Å². The summed E-state index contributed by atoms with van der Waals surface area (Å²) in [6.45, 7) is 0.492. The van der Waals surface area contributed by atoms with Crippen LogP contribution in [0, 0.1) is 5.92 Å². The van der Waals surface area contributed by atoms with Gasteiger partial charge in [-0.05, 0) is 55.7 Å². The molecule has 3 aliphatic rings. The quantitative estimate of drug-likeness (QED) is 0.769. The molecule has 7 heteroatoms. The number of ether oxygens (including phenoxy) is 1. The van der Waals surface area contributed by atoms with E-state index in [0.717, 1.165) is 24.8 Å². The van der Waals surface area contributed by atoms with Gasteiger partial charge in [0.05, 0.1) is 6.61 Å². The van der Waals surface area contributed by atoms with Gasteiger partial charge < -0.3 is 15.4 Å². The highest BCUT2D eigenvalue weighted by Crippen LogP contribution is 2.41. The molecular formula is C21H26F2N2O3. The third-order valence-electron chi connectivity index (χ3n) is 5.87. The minimum absolute atomic E-state index is 0.0330. The normalized spacial score (nSPS) is 26.4. The van der Waals surface area contributed by atoms with Crippen LogP contribution in [0.15, 0.2) is 24.3 Å². The fourth-order valence-corrected chi connectivity index (χ4v) is 3.76. The Kier molecular flexibility index (Phi) is 5.25. The number of carbonyl (C=O) groups excluding carboxylic acids is 2. The maximum atomic E-state index is 13.3. The third-order valence-corrected chi connectivity index (χ3v) is 5.87. The first-order chi connectivity index (χ1) is 13.4. The molecule has 152 valence electrons. The average Bonchev–Trinajstić information content (AvgIpc) is 3.58. The molecule has 0 aromatic heterocycles. The molecule has 3 fully saturated rings. The van der Waals surface area contributed by atoms with Crippen molar-refractivity contribution in [2.45, 2.75) is 68.9 Å². The Balaban J connectivity index is 1.27. The minimum Gasteiger partial charge on any atom is -0.449 e. The first-order valence-corrected chi connectivity index (χ1v) is 10.1. The van der Waals surface area contributed by atoms with E-state index in [0.29, 0.717) is 30.9 Å². The first-order valence-electron chi connectivity index (χ1n) is 10.1. The van der Waals surface area contributed by atoms with E-state index in [-0.39, 0.29) is 42.8 Å². The number of halogens is 2. The number of hydrogen-bond acceptors (Lipinski definition) is 3. The summed E-state index contributed by atoms with van der Waals surface area (Å²) in [5.74, 6) is -2.12. The van der Waals surface area contributed by atoms with Crippen LogP contribution in [0.3, 0.4) is 0 Å². The van der Waals surface area contributed by atoms with Crippen molar-refractivity contribution in [3.63, 3.8) is 0 Å². The van der Waals surface area contributed by atoms with Gasteiger partial charge in [0.1, 0.15) is 0 Å². The summed E-state index contributed by atoms with van der Waals surface area (Å²) < 4.78 is 31.7. The number of hydrogen-bond donors (Lipinski definition) is 2. The molecule has 5 nitrogen and oxygen atoms in total. The predicted octanol–water partition coefficient (Wildman–Crippen LogP) is 3.99. The summed E-state index contributed by atoms with van der Waals surface area (Å²) in [6.07, 6.45) is 2.97. The lowest BCUT2D eigenvalue weighted by atomic mass is 9.92. The zero-order valence-electron chi connectivity index (χ0n) is 15.8. The van der Waals surface area contributed by atoms with Crippen molar-refractivity contribution in [3.8, 4) is 0 Å². The van der Waals surface area contributed by atoms with Gasteiger partial charge in [-0.2, -0.15) is 0 Å². The fraction of sp³-hybridized carbons (Fsp3) is 0.619. The van der Waals surface area contributed by atoms with E-state index in [4.69, 9.17) is 4.74 Å². The van der Waals surface area contributed by atoms with Crippen LogP contribution in [0.4, 0.5) is 13.6 Å². The summed E-state index contributed by atoms with van der Waals surface area (Å²) in [5, 5.41) is 5.75. The van der Waals surface area contributed by atoms with Crippen LogP contribution in [-0.4, -0.2) is 36.6 Å². The summed E-state index contributed by atoms with van der Waals surface area (Å²) in [5.41, 5.74) is 1.52. The second kappa shape index (κ2) is 7.68. The van der Waals surface area contributed by atoms with Crippen LogP contribution < -0.4 is 10.6 Å². The summed E-state index contributed by atoms with van der Waals surface area (Å²) in [6, 6.07) is 7.15. The molecule has 1 aromatic carbocycles. The van der Waals surface area contributed by atoms with Gasteiger partial charge in [0.15, 0.2) is 0 Å². The standard InChI is InChI=1S/C21H26F2N2O3/c22-21(23)8-6-16(7-9-21)24-19(26)15-3-1-2-14(10-15)17-11-18(17)25-20(27)28-12-13-4-5-13/h1-3,10,13,16-18H,4-9,11-12H2,(H,24,26)(H,25,27)/t17-,18+/m0/s1. The topological polar surface area (TPSA) is 67.4 Å². The number of alkyl carbamates (subject to hydrolysis) is 1. The second-order valence-electron chi connectivity index (χ2n) is 8.36. The van der Waals surface area contributed by atoms with E-state index in [9.17, 15) is 18.4 Å². The molecule has 0 saturated heterocycles. The molecule has 0 spiro atoms. The van der Waals surface area contributed by atoms with E-state index in [1.165, 1.54) is 0 Å². The molecule has 0 unspecified atom stereocenters. The molecule has 0 bridgehead atoms. The summed E-state index contributed by atoms with van der Waals surface area (Å²) in [4.78, 5) is 24.3. The molecular weight excluding hydrogens is 366 g/mol. The number of benzene rings is 1. The Labute approximate surface area is 163 Å². The lowest BCUT2D eigenvalue weighted by Gasteiger charge is -2.28. The number of amides is 2. The van der Waals surface area contributed by atoms with Gasteiger partial charge in [0.25, 0.3) is 5.91 Å². The second-order valence-corrected chi connectivity index (χ2v) is 8.36. The third kappa shape index (κ3) is 5.00. The van der Waals surface area contributed by atoms with E-state index in [2.05, 4.69) is 10.6 Å². The molecule has 2 amide bonds. The SMILES string of the molecule is O=C(N[C@@H]1C[C@H]1c1cccc(C(=O)NC2CCC(F)(F)CC2)c1)OCC1CC1. The van der Waals surface area contributed by atoms with Gasteiger partial charge in [-0.3, -0.25) is 4.79 Å². The monoisotopic (exact) mass is 392 g/mol. The van der Waals surface area contributed by atoms with E-state index in [1.54, 1.807) is 6.07 Å². The highest BCUT2D eigenvalue weighted by atomic mass is 19.3.